The molecule has 1 aromatic heterocycles. The summed E-state index contributed by atoms with van der Waals surface area (Å²) in [5.74, 6) is 1.20. The summed E-state index contributed by atoms with van der Waals surface area (Å²) >= 11 is 0. The number of hydrogen-bond acceptors (Lipinski definition) is 8. The van der Waals surface area contributed by atoms with E-state index in [1.54, 1.807) is 29.4 Å². The Balaban J connectivity index is 1.55. The number of aliphatic imine (C=N–C) groups is 2. The Labute approximate surface area is 177 Å². The van der Waals surface area contributed by atoms with E-state index in [-0.39, 0.29) is 24.2 Å². The van der Waals surface area contributed by atoms with E-state index >= 15 is 0 Å². The van der Waals surface area contributed by atoms with Gasteiger partial charge in [0.15, 0.2) is 11.6 Å². The van der Waals surface area contributed by atoms with E-state index in [0.29, 0.717) is 29.3 Å². The number of amides is 1. The van der Waals surface area contributed by atoms with Crippen LogP contribution in [0.4, 0.5) is 15.0 Å². The summed E-state index contributed by atoms with van der Waals surface area (Å²) in [6.07, 6.45) is 1.48. The van der Waals surface area contributed by atoms with Gasteiger partial charge >= 0.3 is 6.09 Å². The smallest absolute Gasteiger partial charge is 0.433 e. The number of hydrogen-bond donors (Lipinski definition) is 2. The van der Waals surface area contributed by atoms with Crippen LogP contribution in [0.25, 0.3) is 5.70 Å². The number of ether oxygens (including phenoxy) is 1. The average molecular weight is 421 g/mol. The molecule has 3 N–H and O–H groups in total. The molecule has 3 aliphatic heterocycles. The lowest BCUT2D eigenvalue weighted by atomic mass is 10.2. The number of fused-ring (bicyclic) bond motifs is 2. The van der Waals surface area contributed by atoms with Crippen molar-refractivity contribution in [2.75, 3.05) is 18.7 Å². The maximum atomic E-state index is 14.2. The zero-order chi connectivity index (χ0) is 21.5. The SMILES string of the molecule is COC(=O)N=C1CC2CN2C(=C2NN(Cc3ccccc3F)c3ncccc32)N=C1N. The molecular weight excluding hydrogens is 401 g/mol. The van der Waals surface area contributed by atoms with Crippen molar-refractivity contribution in [2.24, 2.45) is 15.7 Å². The summed E-state index contributed by atoms with van der Waals surface area (Å²) in [6.45, 7) is 1.05. The topological polar surface area (TPSA) is 108 Å². The summed E-state index contributed by atoms with van der Waals surface area (Å²) in [7, 11) is 1.27. The Morgan fingerprint density at radius 3 is 3.00 bits per heavy atom. The first-order valence-corrected chi connectivity index (χ1v) is 9.79. The van der Waals surface area contributed by atoms with E-state index in [2.05, 4.69) is 30.0 Å². The summed E-state index contributed by atoms with van der Waals surface area (Å²) in [5.41, 5.74) is 12.0. The van der Waals surface area contributed by atoms with E-state index < -0.39 is 6.09 Å². The Morgan fingerprint density at radius 2 is 2.19 bits per heavy atom. The minimum absolute atomic E-state index is 0.137. The highest BCUT2D eigenvalue weighted by Crippen LogP contribution is 2.39. The van der Waals surface area contributed by atoms with E-state index in [1.165, 1.54) is 13.2 Å². The van der Waals surface area contributed by atoms with Gasteiger partial charge in [-0.3, -0.25) is 10.4 Å². The van der Waals surface area contributed by atoms with Gasteiger partial charge in [0.05, 0.1) is 25.4 Å². The number of aromatic nitrogens is 1. The van der Waals surface area contributed by atoms with Gasteiger partial charge in [-0.1, -0.05) is 18.2 Å². The van der Waals surface area contributed by atoms with Gasteiger partial charge in [0.25, 0.3) is 0 Å². The number of amidine groups is 1. The van der Waals surface area contributed by atoms with Gasteiger partial charge < -0.3 is 15.4 Å². The largest absolute Gasteiger partial charge is 0.451 e. The van der Waals surface area contributed by atoms with Crippen LogP contribution in [-0.2, 0) is 11.3 Å². The lowest BCUT2D eigenvalue weighted by Gasteiger charge is -2.19. The fourth-order valence-corrected chi connectivity index (χ4v) is 3.78. The lowest BCUT2D eigenvalue weighted by molar-refractivity contribution is 0.182. The number of nitrogens with zero attached hydrogens (tertiary/aromatic N) is 5. The number of rotatable bonds is 2. The highest BCUT2D eigenvalue weighted by molar-refractivity contribution is 6.42. The van der Waals surface area contributed by atoms with Crippen molar-refractivity contribution in [3.63, 3.8) is 0 Å². The Bertz CT molecular complexity index is 1160. The summed E-state index contributed by atoms with van der Waals surface area (Å²) < 4.78 is 18.9. The lowest BCUT2D eigenvalue weighted by Crippen LogP contribution is -2.32. The van der Waals surface area contributed by atoms with E-state index in [1.807, 2.05) is 12.1 Å². The van der Waals surface area contributed by atoms with E-state index in [4.69, 9.17) is 5.73 Å². The third kappa shape index (κ3) is 3.45. The minimum atomic E-state index is -0.707. The molecule has 158 valence electrons. The number of hydrazine groups is 1. The summed E-state index contributed by atoms with van der Waals surface area (Å²) in [4.78, 5) is 26.7. The summed E-state index contributed by atoms with van der Waals surface area (Å²) in [5, 5.41) is 1.79. The second-order valence-electron chi connectivity index (χ2n) is 7.40. The third-order valence-electron chi connectivity index (χ3n) is 5.41. The molecule has 10 heteroatoms. The van der Waals surface area contributed by atoms with Crippen LogP contribution < -0.4 is 16.2 Å². The van der Waals surface area contributed by atoms with Crippen molar-refractivity contribution in [3.05, 3.63) is 65.4 Å². The van der Waals surface area contributed by atoms with E-state index in [0.717, 1.165) is 17.8 Å². The minimum Gasteiger partial charge on any atom is -0.451 e. The number of nitrogens with two attached hydrogens (primary N) is 1. The maximum absolute atomic E-state index is 14.2. The van der Waals surface area contributed by atoms with Gasteiger partial charge in [0, 0.05) is 30.3 Å². The van der Waals surface area contributed by atoms with Gasteiger partial charge in [-0.25, -0.2) is 19.2 Å². The molecule has 1 atom stereocenters. The molecule has 31 heavy (non-hydrogen) atoms. The molecule has 3 aliphatic rings. The number of carbonyl (C=O) groups excluding carboxylic acids is 1. The van der Waals surface area contributed by atoms with Crippen LogP contribution >= 0.6 is 0 Å². The predicted octanol–water partition coefficient (Wildman–Crippen LogP) is 2.02. The van der Waals surface area contributed by atoms with Crippen molar-refractivity contribution in [3.8, 4) is 0 Å². The van der Waals surface area contributed by atoms with Crippen LogP contribution in [0.5, 0.6) is 0 Å². The molecule has 0 aliphatic carbocycles. The third-order valence-corrected chi connectivity index (χ3v) is 5.41. The first-order valence-electron chi connectivity index (χ1n) is 9.79. The van der Waals surface area contributed by atoms with Gasteiger partial charge in [-0.2, -0.15) is 4.99 Å². The van der Waals surface area contributed by atoms with Crippen LogP contribution in [0.3, 0.4) is 0 Å². The molecule has 1 amide bonds. The number of halogens is 1. The first-order chi connectivity index (χ1) is 15.0. The fourth-order valence-electron chi connectivity index (χ4n) is 3.78. The van der Waals surface area contributed by atoms with Crippen LogP contribution in [0.1, 0.15) is 17.5 Å². The molecule has 4 heterocycles. The monoisotopic (exact) mass is 421 g/mol. The highest BCUT2D eigenvalue weighted by atomic mass is 19.1. The Kier molecular flexibility index (Phi) is 4.54. The van der Waals surface area contributed by atoms with Crippen molar-refractivity contribution in [2.45, 2.75) is 19.0 Å². The van der Waals surface area contributed by atoms with Crippen LogP contribution in [0, 0.1) is 5.82 Å². The molecule has 1 fully saturated rings. The maximum Gasteiger partial charge on any atom is 0.433 e. The number of pyridine rings is 1. The number of benzene rings is 1. The second-order valence-corrected chi connectivity index (χ2v) is 7.40. The average Bonchev–Trinajstić information content (AvgIpc) is 3.47. The number of anilines is 1. The van der Waals surface area contributed by atoms with Crippen LogP contribution in [0.15, 0.2) is 58.4 Å². The van der Waals surface area contributed by atoms with Gasteiger partial charge in [0.1, 0.15) is 17.3 Å². The normalized spacial score (nSPS) is 23.0. The zero-order valence-electron chi connectivity index (χ0n) is 16.7. The standard InChI is InChI=1S/C21H20FN7O2/c1-31-21(30)25-16-9-13-11-28(13)20(26-18(16)23)17-14-6-4-8-24-19(14)29(27-17)10-12-5-2-3-7-15(12)22/h2-8,13,27H,9-11H2,1H3,(H2,23,26). The number of carbonyl (C=O) groups is 1. The first kappa shape index (κ1) is 19.0. The van der Waals surface area contributed by atoms with Gasteiger partial charge in [-0.05, 0) is 18.2 Å². The van der Waals surface area contributed by atoms with Crippen molar-refractivity contribution < 1.29 is 13.9 Å². The van der Waals surface area contributed by atoms with Crippen molar-refractivity contribution >= 4 is 29.2 Å². The molecule has 0 bridgehead atoms. The quantitative estimate of drug-likeness (QED) is 0.714. The van der Waals surface area contributed by atoms with Gasteiger partial charge in [-0.15, -0.1) is 0 Å². The molecular formula is C21H20FN7O2. The van der Waals surface area contributed by atoms with Gasteiger partial charge in [0.2, 0.25) is 0 Å². The molecule has 1 saturated heterocycles. The summed E-state index contributed by atoms with van der Waals surface area (Å²) in [6, 6.07) is 10.5. The Hall–Kier alpha value is -3.95. The molecule has 0 saturated carbocycles. The fraction of sp³-hybridized carbons (Fsp3) is 0.238. The van der Waals surface area contributed by atoms with Crippen LogP contribution in [0.2, 0.25) is 0 Å². The second kappa shape index (κ2) is 7.38. The molecule has 2 aromatic rings. The molecule has 1 aromatic carbocycles. The molecule has 0 radical (unpaired) electrons. The number of methoxy groups -OCH3 is 1. The predicted molar refractivity (Wildman–Crippen MR) is 113 cm³/mol. The van der Waals surface area contributed by atoms with Crippen molar-refractivity contribution in [1.29, 1.82) is 0 Å². The Morgan fingerprint density at radius 1 is 1.35 bits per heavy atom. The number of nitrogens with one attached hydrogen (secondary N) is 1. The van der Waals surface area contributed by atoms with Crippen molar-refractivity contribution in [1.82, 2.24) is 15.3 Å². The molecule has 0 spiro atoms. The van der Waals surface area contributed by atoms with Crippen LogP contribution in [-0.4, -0.2) is 47.2 Å². The molecule has 5 rings (SSSR count). The van der Waals surface area contributed by atoms with E-state index in [9.17, 15) is 9.18 Å². The molecule has 9 nitrogen and oxygen atoms in total. The zero-order valence-corrected chi connectivity index (χ0v) is 16.7. The molecule has 1 unspecified atom stereocenters. The highest BCUT2D eigenvalue weighted by Gasteiger charge is 2.43.